The lowest BCUT2D eigenvalue weighted by Gasteiger charge is -2.32. The minimum Gasteiger partial charge on any atom is -0.333 e. The molecule has 0 unspecified atom stereocenters. The van der Waals surface area contributed by atoms with Gasteiger partial charge in [-0.3, -0.25) is 4.90 Å². The Labute approximate surface area is 164 Å². The molecule has 0 bridgehead atoms. The first-order valence-electron chi connectivity index (χ1n) is 8.06. The Balaban J connectivity index is 1.93. The number of carbonyl (C=O) groups is 1. The normalized spacial score (nSPS) is 13.3. The summed E-state index contributed by atoms with van der Waals surface area (Å²) < 4.78 is 27.6. The molecular formula is C20H12Cl2F2N2O. The van der Waals surface area contributed by atoms with Gasteiger partial charge >= 0.3 is 6.03 Å². The van der Waals surface area contributed by atoms with Crippen molar-refractivity contribution in [3.8, 4) is 11.1 Å². The van der Waals surface area contributed by atoms with Gasteiger partial charge in [0.05, 0.1) is 21.4 Å². The van der Waals surface area contributed by atoms with Gasteiger partial charge in [-0.2, -0.15) is 0 Å². The highest BCUT2D eigenvalue weighted by atomic mass is 35.5. The van der Waals surface area contributed by atoms with E-state index in [1.54, 1.807) is 36.4 Å². The van der Waals surface area contributed by atoms with E-state index in [-0.39, 0.29) is 12.1 Å². The molecule has 0 saturated carbocycles. The Kier molecular flexibility index (Phi) is 4.50. The molecule has 0 aromatic heterocycles. The molecule has 0 radical (unpaired) electrons. The first-order chi connectivity index (χ1) is 13.0. The van der Waals surface area contributed by atoms with Crippen LogP contribution < -0.4 is 10.2 Å². The van der Waals surface area contributed by atoms with Crippen molar-refractivity contribution in [3.05, 3.63) is 81.8 Å². The van der Waals surface area contributed by atoms with E-state index >= 15 is 0 Å². The standard InChI is InChI=1S/C20H12Cl2F2N2O/c21-15-4-2-5-16(22)19(15)26-18-6-1-3-12(14(18)10-25-20(26)27)13-8-7-11(23)9-17(13)24/h1-9H,10H2,(H,25,27). The molecule has 0 spiro atoms. The summed E-state index contributed by atoms with van der Waals surface area (Å²) in [5, 5.41) is 3.37. The number of hydrogen-bond acceptors (Lipinski definition) is 1. The number of halogens is 4. The van der Waals surface area contributed by atoms with E-state index in [1.807, 2.05) is 0 Å². The summed E-state index contributed by atoms with van der Waals surface area (Å²) in [7, 11) is 0. The third-order valence-electron chi connectivity index (χ3n) is 4.39. The number of carbonyl (C=O) groups excluding carboxylic acids is 1. The highest BCUT2D eigenvalue weighted by molar-refractivity contribution is 6.40. The number of para-hydroxylation sites is 1. The van der Waals surface area contributed by atoms with Crippen molar-refractivity contribution in [3.63, 3.8) is 0 Å². The third-order valence-corrected chi connectivity index (χ3v) is 5.00. The molecule has 0 saturated heterocycles. The summed E-state index contributed by atoms with van der Waals surface area (Å²) in [6.07, 6.45) is 0. The van der Waals surface area contributed by atoms with E-state index in [1.165, 1.54) is 17.0 Å². The summed E-state index contributed by atoms with van der Waals surface area (Å²) in [6, 6.07) is 13.1. The molecule has 4 rings (SSSR count). The molecule has 0 aliphatic carbocycles. The van der Waals surface area contributed by atoms with Crippen LogP contribution in [-0.2, 0) is 6.54 Å². The van der Waals surface area contributed by atoms with E-state index < -0.39 is 17.7 Å². The predicted molar refractivity (Wildman–Crippen MR) is 103 cm³/mol. The van der Waals surface area contributed by atoms with Crippen LogP contribution >= 0.6 is 23.2 Å². The minimum absolute atomic E-state index is 0.194. The molecular weight excluding hydrogens is 393 g/mol. The van der Waals surface area contributed by atoms with Gasteiger partial charge in [0, 0.05) is 23.7 Å². The van der Waals surface area contributed by atoms with Gasteiger partial charge in [-0.15, -0.1) is 0 Å². The van der Waals surface area contributed by atoms with Gasteiger partial charge in [0.15, 0.2) is 0 Å². The van der Waals surface area contributed by atoms with Gasteiger partial charge in [-0.25, -0.2) is 13.6 Å². The zero-order valence-electron chi connectivity index (χ0n) is 13.8. The fourth-order valence-corrected chi connectivity index (χ4v) is 3.77. The Morgan fingerprint density at radius 2 is 1.63 bits per heavy atom. The van der Waals surface area contributed by atoms with Crippen LogP contribution in [0, 0.1) is 11.6 Å². The van der Waals surface area contributed by atoms with Gasteiger partial charge < -0.3 is 5.32 Å². The van der Waals surface area contributed by atoms with E-state index in [0.717, 1.165) is 6.07 Å². The van der Waals surface area contributed by atoms with Crippen LogP contribution in [0.5, 0.6) is 0 Å². The van der Waals surface area contributed by atoms with E-state index in [9.17, 15) is 13.6 Å². The van der Waals surface area contributed by atoms with Crippen molar-refractivity contribution in [2.75, 3.05) is 4.90 Å². The second kappa shape index (κ2) is 6.83. The summed E-state index contributed by atoms with van der Waals surface area (Å²) >= 11 is 12.6. The molecule has 7 heteroatoms. The largest absolute Gasteiger partial charge is 0.333 e. The lowest BCUT2D eigenvalue weighted by Crippen LogP contribution is -2.41. The number of urea groups is 1. The van der Waals surface area contributed by atoms with Crippen LogP contribution in [0.3, 0.4) is 0 Å². The van der Waals surface area contributed by atoms with Gasteiger partial charge in [0.2, 0.25) is 0 Å². The lowest BCUT2D eigenvalue weighted by molar-refractivity contribution is 0.247. The number of anilines is 2. The second-order valence-corrected chi connectivity index (χ2v) is 6.81. The van der Waals surface area contributed by atoms with Gasteiger partial charge in [0.1, 0.15) is 11.6 Å². The summed E-state index contributed by atoms with van der Waals surface area (Å²) in [5.74, 6) is -1.33. The zero-order valence-corrected chi connectivity index (χ0v) is 15.3. The molecule has 136 valence electrons. The second-order valence-electron chi connectivity index (χ2n) is 5.99. The lowest BCUT2D eigenvalue weighted by atomic mass is 9.95. The number of rotatable bonds is 2. The molecule has 0 atom stereocenters. The first-order valence-corrected chi connectivity index (χ1v) is 8.82. The number of nitrogens with zero attached hydrogens (tertiary/aromatic N) is 1. The third kappa shape index (κ3) is 3.03. The van der Waals surface area contributed by atoms with Crippen molar-refractivity contribution in [1.82, 2.24) is 5.32 Å². The van der Waals surface area contributed by atoms with Crippen LogP contribution in [0.2, 0.25) is 10.0 Å². The van der Waals surface area contributed by atoms with E-state index in [4.69, 9.17) is 23.2 Å². The summed E-state index contributed by atoms with van der Waals surface area (Å²) in [6.45, 7) is 0.194. The van der Waals surface area contributed by atoms with Crippen molar-refractivity contribution >= 4 is 40.6 Å². The number of fused-ring (bicyclic) bond motifs is 1. The Hall–Kier alpha value is -2.63. The smallest absolute Gasteiger partial charge is 0.326 e. The van der Waals surface area contributed by atoms with Gasteiger partial charge in [-0.05, 0) is 35.9 Å². The average molecular weight is 405 g/mol. The molecule has 1 aliphatic rings. The molecule has 3 nitrogen and oxygen atoms in total. The zero-order chi connectivity index (χ0) is 19.1. The highest BCUT2D eigenvalue weighted by Gasteiger charge is 2.30. The van der Waals surface area contributed by atoms with Crippen molar-refractivity contribution < 1.29 is 13.6 Å². The molecule has 3 aromatic rings. The highest BCUT2D eigenvalue weighted by Crippen LogP contribution is 2.43. The van der Waals surface area contributed by atoms with Gasteiger partial charge in [0.25, 0.3) is 0 Å². The molecule has 2 amide bonds. The molecule has 1 aliphatic heterocycles. The molecule has 1 N–H and O–H groups in total. The maximum absolute atomic E-state index is 14.3. The quantitative estimate of drug-likeness (QED) is 0.533. The van der Waals surface area contributed by atoms with Crippen LogP contribution in [0.1, 0.15) is 5.56 Å². The SMILES string of the molecule is O=C1NCc2c(-c3ccc(F)cc3F)cccc2N1c1c(Cl)cccc1Cl. The maximum Gasteiger partial charge on any atom is 0.326 e. The number of benzene rings is 3. The average Bonchev–Trinajstić information content (AvgIpc) is 2.63. The number of nitrogens with one attached hydrogen (secondary N) is 1. The van der Waals surface area contributed by atoms with E-state index in [0.29, 0.717) is 32.5 Å². The predicted octanol–water partition coefficient (Wildman–Crippen LogP) is 6.30. The number of hydrogen-bond donors (Lipinski definition) is 1. The fourth-order valence-electron chi connectivity index (χ4n) is 3.21. The topological polar surface area (TPSA) is 32.3 Å². The molecule has 3 aromatic carbocycles. The van der Waals surface area contributed by atoms with Crippen LogP contribution in [0.15, 0.2) is 54.6 Å². The van der Waals surface area contributed by atoms with Crippen LogP contribution in [-0.4, -0.2) is 6.03 Å². The molecule has 27 heavy (non-hydrogen) atoms. The maximum atomic E-state index is 14.3. The van der Waals surface area contributed by atoms with Gasteiger partial charge in [-0.1, -0.05) is 41.4 Å². The molecule has 1 heterocycles. The number of amides is 2. The first kappa shape index (κ1) is 17.8. The monoisotopic (exact) mass is 404 g/mol. The Bertz CT molecular complexity index is 1050. The Morgan fingerprint density at radius 1 is 0.926 bits per heavy atom. The minimum atomic E-state index is -0.678. The van der Waals surface area contributed by atoms with Crippen LogP contribution in [0.4, 0.5) is 25.0 Å². The summed E-state index contributed by atoms with van der Waals surface area (Å²) in [5.41, 5.74) is 2.36. The Morgan fingerprint density at radius 3 is 2.33 bits per heavy atom. The van der Waals surface area contributed by atoms with Crippen molar-refractivity contribution in [1.29, 1.82) is 0 Å². The van der Waals surface area contributed by atoms with Crippen LogP contribution in [0.25, 0.3) is 11.1 Å². The summed E-state index contributed by atoms with van der Waals surface area (Å²) in [4.78, 5) is 14.0. The van der Waals surface area contributed by atoms with Crippen molar-refractivity contribution in [2.45, 2.75) is 6.54 Å². The fraction of sp³-hybridized carbons (Fsp3) is 0.0500. The van der Waals surface area contributed by atoms with Crippen molar-refractivity contribution in [2.24, 2.45) is 0 Å². The van der Waals surface area contributed by atoms with E-state index in [2.05, 4.69) is 5.32 Å². The molecule has 0 fully saturated rings.